The Morgan fingerprint density at radius 1 is 1.45 bits per heavy atom. The molecule has 0 atom stereocenters. The van der Waals surface area contributed by atoms with E-state index in [4.69, 9.17) is 0 Å². The number of thiophene rings is 1. The second-order valence-electron chi connectivity index (χ2n) is 4.93. The van der Waals surface area contributed by atoms with Crippen LogP contribution in [0.25, 0.3) is 0 Å². The van der Waals surface area contributed by atoms with Crippen LogP contribution in [0.1, 0.15) is 31.2 Å². The summed E-state index contributed by atoms with van der Waals surface area (Å²) < 4.78 is 0. The average molecular weight is 294 g/mol. The molecule has 0 aliphatic heterocycles. The molecule has 1 heterocycles. The largest absolute Gasteiger partial charge is 0.356 e. The molecule has 0 aromatic carbocycles. The summed E-state index contributed by atoms with van der Waals surface area (Å²) in [6, 6.07) is 2.54. The lowest BCUT2D eigenvalue weighted by molar-refractivity contribution is -0.121. The number of carbonyl (C=O) groups is 1. The number of rotatable bonds is 7. The second-order valence-corrected chi connectivity index (χ2v) is 5.71. The second kappa shape index (κ2) is 7.89. The summed E-state index contributed by atoms with van der Waals surface area (Å²) in [6.07, 6.45) is 3.68. The first-order valence-corrected chi connectivity index (χ1v) is 7.97. The predicted octanol–water partition coefficient (Wildman–Crippen LogP) is 1.47. The predicted molar refractivity (Wildman–Crippen MR) is 82.9 cm³/mol. The molecular formula is C14H22N4OS. The zero-order valence-corrected chi connectivity index (χ0v) is 12.6. The summed E-state index contributed by atoms with van der Waals surface area (Å²) in [4.78, 5) is 15.7. The van der Waals surface area contributed by atoms with E-state index in [9.17, 15) is 4.79 Å². The summed E-state index contributed by atoms with van der Waals surface area (Å²) in [5, 5.41) is 13.6. The Labute approximate surface area is 123 Å². The van der Waals surface area contributed by atoms with Gasteiger partial charge < -0.3 is 16.0 Å². The zero-order chi connectivity index (χ0) is 14.2. The quantitative estimate of drug-likeness (QED) is 0.405. The molecule has 1 saturated carbocycles. The van der Waals surface area contributed by atoms with Crippen LogP contribution >= 0.6 is 11.3 Å². The monoisotopic (exact) mass is 294 g/mol. The fourth-order valence-corrected chi connectivity index (χ4v) is 2.45. The first-order valence-electron chi connectivity index (χ1n) is 7.03. The normalized spacial score (nSPS) is 14.9. The standard InChI is InChI=1S/C14H22N4OS/c1-15-14(17-9-11-6-8-20-10-11)16-7-2-3-13(19)18-12-4-5-12/h6,8,10,12H,2-5,7,9H2,1H3,(H,18,19)(H2,15,16,17). The van der Waals surface area contributed by atoms with Crippen LogP contribution < -0.4 is 16.0 Å². The van der Waals surface area contributed by atoms with Crippen molar-refractivity contribution >= 4 is 23.2 Å². The van der Waals surface area contributed by atoms with E-state index >= 15 is 0 Å². The van der Waals surface area contributed by atoms with Gasteiger partial charge in [-0.25, -0.2) is 0 Å². The summed E-state index contributed by atoms with van der Waals surface area (Å²) >= 11 is 1.69. The number of nitrogens with zero attached hydrogens (tertiary/aromatic N) is 1. The smallest absolute Gasteiger partial charge is 0.220 e. The molecule has 20 heavy (non-hydrogen) atoms. The van der Waals surface area contributed by atoms with Gasteiger partial charge in [0.1, 0.15) is 0 Å². The topological polar surface area (TPSA) is 65.5 Å². The lowest BCUT2D eigenvalue weighted by Crippen LogP contribution is -2.37. The molecule has 0 unspecified atom stereocenters. The van der Waals surface area contributed by atoms with Gasteiger partial charge in [-0.15, -0.1) is 0 Å². The molecule has 1 aromatic heterocycles. The van der Waals surface area contributed by atoms with Crippen molar-refractivity contribution in [2.75, 3.05) is 13.6 Å². The van der Waals surface area contributed by atoms with Crippen molar-refractivity contribution in [1.82, 2.24) is 16.0 Å². The van der Waals surface area contributed by atoms with Crippen molar-refractivity contribution < 1.29 is 4.79 Å². The van der Waals surface area contributed by atoms with Crippen molar-refractivity contribution in [1.29, 1.82) is 0 Å². The number of hydrogen-bond acceptors (Lipinski definition) is 3. The molecule has 1 aromatic rings. The Bertz CT molecular complexity index is 440. The van der Waals surface area contributed by atoms with Gasteiger partial charge in [0.2, 0.25) is 5.91 Å². The summed E-state index contributed by atoms with van der Waals surface area (Å²) in [6.45, 7) is 1.52. The summed E-state index contributed by atoms with van der Waals surface area (Å²) in [5.74, 6) is 0.939. The third kappa shape index (κ3) is 5.61. The van der Waals surface area contributed by atoms with Crippen molar-refractivity contribution in [3.63, 3.8) is 0 Å². The molecule has 5 nitrogen and oxygen atoms in total. The Hall–Kier alpha value is -1.56. The number of hydrogen-bond donors (Lipinski definition) is 3. The van der Waals surface area contributed by atoms with Crippen LogP contribution in [0.5, 0.6) is 0 Å². The fourth-order valence-electron chi connectivity index (χ4n) is 1.78. The molecule has 110 valence electrons. The van der Waals surface area contributed by atoms with Crippen LogP contribution in [0.2, 0.25) is 0 Å². The Balaban J connectivity index is 1.55. The zero-order valence-electron chi connectivity index (χ0n) is 11.8. The lowest BCUT2D eigenvalue weighted by Gasteiger charge is -2.11. The van der Waals surface area contributed by atoms with Gasteiger partial charge >= 0.3 is 0 Å². The van der Waals surface area contributed by atoms with Gasteiger partial charge in [-0.3, -0.25) is 9.79 Å². The van der Waals surface area contributed by atoms with Gasteiger partial charge in [0.15, 0.2) is 5.96 Å². The number of aliphatic imine (C=N–C) groups is 1. The Morgan fingerprint density at radius 3 is 2.95 bits per heavy atom. The van der Waals surface area contributed by atoms with Gasteiger partial charge in [-0.05, 0) is 41.7 Å². The van der Waals surface area contributed by atoms with E-state index in [-0.39, 0.29) is 5.91 Å². The molecule has 1 aliphatic rings. The molecule has 0 saturated heterocycles. The van der Waals surface area contributed by atoms with E-state index in [0.29, 0.717) is 12.5 Å². The molecule has 0 radical (unpaired) electrons. The van der Waals surface area contributed by atoms with Crippen molar-refractivity contribution in [3.8, 4) is 0 Å². The lowest BCUT2D eigenvalue weighted by atomic mass is 10.3. The average Bonchev–Trinajstić information content (AvgIpc) is 3.10. The fraction of sp³-hybridized carbons (Fsp3) is 0.571. The van der Waals surface area contributed by atoms with Crippen LogP contribution in [0.4, 0.5) is 0 Å². The molecule has 1 amide bonds. The molecule has 1 aliphatic carbocycles. The van der Waals surface area contributed by atoms with E-state index in [1.807, 2.05) is 0 Å². The SMILES string of the molecule is CN=C(NCCCC(=O)NC1CC1)NCc1ccsc1. The first-order chi connectivity index (χ1) is 9.78. The Kier molecular flexibility index (Phi) is 5.86. The summed E-state index contributed by atoms with van der Waals surface area (Å²) in [7, 11) is 1.75. The number of nitrogens with one attached hydrogen (secondary N) is 3. The molecule has 6 heteroatoms. The maximum atomic E-state index is 11.5. The summed E-state index contributed by atoms with van der Waals surface area (Å²) in [5.41, 5.74) is 1.25. The van der Waals surface area contributed by atoms with Gasteiger partial charge in [0.25, 0.3) is 0 Å². The van der Waals surface area contributed by atoms with Crippen molar-refractivity contribution in [3.05, 3.63) is 22.4 Å². The van der Waals surface area contributed by atoms with Crippen molar-refractivity contribution in [2.45, 2.75) is 38.3 Å². The minimum atomic E-state index is 0.163. The molecular weight excluding hydrogens is 272 g/mol. The minimum Gasteiger partial charge on any atom is -0.356 e. The van der Waals surface area contributed by atoms with Crippen LogP contribution in [0.3, 0.4) is 0 Å². The van der Waals surface area contributed by atoms with Gasteiger partial charge in [0.05, 0.1) is 0 Å². The highest BCUT2D eigenvalue weighted by Crippen LogP contribution is 2.18. The molecule has 0 bridgehead atoms. The molecule has 0 spiro atoms. The van der Waals surface area contributed by atoms with Crippen molar-refractivity contribution in [2.24, 2.45) is 4.99 Å². The highest BCUT2D eigenvalue weighted by molar-refractivity contribution is 7.07. The third-order valence-corrected chi connectivity index (χ3v) is 3.81. The van der Waals surface area contributed by atoms with E-state index < -0.39 is 0 Å². The van der Waals surface area contributed by atoms with E-state index in [1.165, 1.54) is 5.56 Å². The highest BCUT2D eigenvalue weighted by atomic mass is 32.1. The van der Waals surface area contributed by atoms with Gasteiger partial charge in [0, 0.05) is 32.6 Å². The van der Waals surface area contributed by atoms with Gasteiger partial charge in [-0.2, -0.15) is 11.3 Å². The van der Waals surface area contributed by atoms with Crippen LogP contribution in [-0.2, 0) is 11.3 Å². The highest BCUT2D eigenvalue weighted by Gasteiger charge is 2.22. The number of carbonyl (C=O) groups excluding carboxylic acids is 1. The maximum absolute atomic E-state index is 11.5. The van der Waals surface area contributed by atoms with Crippen LogP contribution in [-0.4, -0.2) is 31.5 Å². The third-order valence-electron chi connectivity index (χ3n) is 3.08. The number of guanidine groups is 1. The molecule has 1 fully saturated rings. The first kappa shape index (κ1) is 14.8. The van der Waals surface area contributed by atoms with Crippen LogP contribution in [0.15, 0.2) is 21.8 Å². The molecule has 3 N–H and O–H groups in total. The van der Waals surface area contributed by atoms with Crippen LogP contribution in [0, 0.1) is 0 Å². The van der Waals surface area contributed by atoms with Gasteiger partial charge in [-0.1, -0.05) is 0 Å². The van der Waals surface area contributed by atoms with E-state index in [2.05, 4.69) is 37.8 Å². The van der Waals surface area contributed by atoms with E-state index in [0.717, 1.165) is 38.3 Å². The van der Waals surface area contributed by atoms with E-state index in [1.54, 1.807) is 18.4 Å². The minimum absolute atomic E-state index is 0.163. The molecule has 2 rings (SSSR count). The number of amides is 1. The maximum Gasteiger partial charge on any atom is 0.220 e. The Morgan fingerprint density at radius 2 is 2.30 bits per heavy atom.